The van der Waals surface area contributed by atoms with E-state index in [1.165, 1.54) is 0 Å². The number of hydrogen-bond donors (Lipinski definition) is 1. The first-order valence-corrected chi connectivity index (χ1v) is 6.51. The Morgan fingerprint density at radius 2 is 1.42 bits per heavy atom. The summed E-state index contributed by atoms with van der Waals surface area (Å²) in [5.41, 5.74) is -0.407. The molecule has 1 aliphatic rings. The monoisotopic (exact) mass is 270 g/mol. The van der Waals surface area contributed by atoms with E-state index in [2.05, 4.69) is 0 Å². The number of carboxylic acids is 1. The van der Waals surface area contributed by atoms with Crippen molar-refractivity contribution >= 4 is 17.8 Å². The number of rotatable bonds is 3. The van der Waals surface area contributed by atoms with Gasteiger partial charge >= 0.3 is 5.97 Å². The molecule has 0 radical (unpaired) electrons. The van der Waals surface area contributed by atoms with E-state index in [1.54, 1.807) is 9.80 Å². The van der Waals surface area contributed by atoms with Crippen LogP contribution < -0.4 is 0 Å². The molecule has 6 heteroatoms. The number of carbonyl (C=O) groups excluding carboxylic acids is 2. The minimum atomic E-state index is -0.963. The summed E-state index contributed by atoms with van der Waals surface area (Å²) in [6.45, 7) is 7.64. The molecule has 6 nitrogen and oxygen atoms in total. The van der Waals surface area contributed by atoms with E-state index in [9.17, 15) is 14.4 Å². The third kappa shape index (κ3) is 4.54. The Balaban J connectivity index is 2.43. The average molecular weight is 270 g/mol. The molecule has 0 bridgehead atoms. The maximum absolute atomic E-state index is 12.1. The van der Waals surface area contributed by atoms with Crippen LogP contribution in [0.25, 0.3) is 0 Å². The van der Waals surface area contributed by atoms with Crippen LogP contribution in [0.1, 0.15) is 33.6 Å². The zero-order chi connectivity index (χ0) is 14.6. The van der Waals surface area contributed by atoms with Crippen molar-refractivity contribution in [3.05, 3.63) is 0 Å². The van der Waals surface area contributed by atoms with E-state index < -0.39 is 11.4 Å². The largest absolute Gasteiger partial charge is 0.481 e. The Hall–Kier alpha value is -1.59. The predicted octanol–water partition coefficient (Wildman–Crippen LogP) is 0.568. The highest BCUT2D eigenvalue weighted by Crippen LogP contribution is 2.18. The van der Waals surface area contributed by atoms with Crippen LogP contribution in [0.3, 0.4) is 0 Å². The van der Waals surface area contributed by atoms with Gasteiger partial charge in [-0.15, -0.1) is 0 Å². The number of carbonyl (C=O) groups is 3. The first-order valence-electron chi connectivity index (χ1n) is 6.51. The third-order valence-corrected chi connectivity index (χ3v) is 3.11. The van der Waals surface area contributed by atoms with Gasteiger partial charge in [0.05, 0.1) is 6.42 Å². The normalized spacial score (nSPS) is 16.4. The summed E-state index contributed by atoms with van der Waals surface area (Å²) < 4.78 is 0. The fraction of sp³-hybridized carbons (Fsp3) is 0.769. The summed E-state index contributed by atoms with van der Waals surface area (Å²) in [5, 5.41) is 8.54. The van der Waals surface area contributed by atoms with E-state index in [1.807, 2.05) is 20.8 Å². The summed E-state index contributed by atoms with van der Waals surface area (Å²) in [5.74, 6) is -1.02. The van der Waals surface area contributed by atoms with Gasteiger partial charge in [0.15, 0.2) is 0 Å². The zero-order valence-corrected chi connectivity index (χ0v) is 11.8. The van der Waals surface area contributed by atoms with E-state index in [-0.39, 0.29) is 24.7 Å². The van der Waals surface area contributed by atoms with Gasteiger partial charge in [0.2, 0.25) is 11.8 Å². The molecule has 1 N–H and O–H groups in total. The zero-order valence-electron chi connectivity index (χ0n) is 11.8. The molecule has 0 unspecified atom stereocenters. The number of carboxylic acid groups (broad SMARTS) is 1. The van der Waals surface area contributed by atoms with Crippen LogP contribution in [0, 0.1) is 5.41 Å². The Morgan fingerprint density at radius 1 is 0.947 bits per heavy atom. The van der Waals surface area contributed by atoms with Crippen LogP contribution in [0.15, 0.2) is 0 Å². The lowest BCUT2D eigenvalue weighted by Crippen LogP contribution is -2.53. The SMILES string of the molecule is CC(C)(C)C(=O)N1CCN(C(=O)CCC(=O)O)CC1. The third-order valence-electron chi connectivity index (χ3n) is 3.11. The lowest BCUT2D eigenvalue weighted by Gasteiger charge is -2.37. The number of aliphatic carboxylic acids is 1. The van der Waals surface area contributed by atoms with Crippen molar-refractivity contribution < 1.29 is 19.5 Å². The average Bonchev–Trinajstić information content (AvgIpc) is 2.34. The standard InChI is InChI=1S/C13H22N2O4/c1-13(2,3)12(19)15-8-6-14(7-9-15)10(16)4-5-11(17)18/h4-9H2,1-3H3,(H,17,18). The first-order chi connectivity index (χ1) is 8.71. The Morgan fingerprint density at radius 3 is 1.84 bits per heavy atom. The topological polar surface area (TPSA) is 77.9 Å². The van der Waals surface area contributed by atoms with Gasteiger partial charge in [-0.2, -0.15) is 0 Å². The van der Waals surface area contributed by atoms with Gasteiger partial charge < -0.3 is 14.9 Å². The molecule has 1 aliphatic heterocycles. The van der Waals surface area contributed by atoms with Crippen LogP contribution in [0.2, 0.25) is 0 Å². The van der Waals surface area contributed by atoms with Crippen molar-refractivity contribution in [2.75, 3.05) is 26.2 Å². The molecule has 1 rings (SSSR count). The van der Waals surface area contributed by atoms with Gasteiger partial charge in [0, 0.05) is 38.0 Å². The molecule has 1 fully saturated rings. The molecule has 1 heterocycles. The number of amides is 2. The molecular formula is C13H22N2O4. The molecule has 2 amide bonds. The fourth-order valence-corrected chi connectivity index (χ4v) is 2.01. The van der Waals surface area contributed by atoms with Gasteiger partial charge in [0.25, 0.3) is 0 Å². The Bertz CT molecular complexity index is 365. The summed E-state index contributed by atoms with van der Waals surface area (Å²) in [6, 6.07) is 0. The maximum Gasteiger partial charge on any atom is 0.303 e. The first kappa shape index (κ1) is 15.5. The van der Waals surface area contributed by atoms with Gasteiger partial charge in [-0.25, -0.2) is 0 Å². The van der Waals surface area contributed by atoms with Gasteiger partial charge in [-0.3, -0.25) is 14.4 Å². The molecule has 0 atom stereocenters. The van der Waals surface area contributed by atoms with Gasteiger partial charge in [0.1, 0.15) is 0 Å². The second kappa shape index (κ2) is 6.04. The smallest absolute Gasteiger partial charge is 0.303 e. The van der Waals surface area contributed by atoms with Crippen molar-refractivity contribution in [2.45, 2.75) is 33.6 Å². The number of hydrogen-bond acceptors (Lipinski definition) is 3. The van der Waals surface area contributed by atoms with Gasteiger partial charge in [-0.05, 0) is 0 Å². The Kier molecular flexibility index (Phi) is 4.91. The minimum Gasteiger partial charge on any atom is -0.481 e. The molecule has 1 saturated heterocycles. The molecule has 0 aromatic heterocycles. The highest BCUT2D eigenvalue weighted by atomic mass is 16.4. The van der Waals surface area contributed by atoms with Crippen molar-refractivity contribution in [3.8, 4) is 0 Å². The summed E-state index contributed by atoms with van der Waals surface area (Å²) in [7, 11) is 0. The summed E-state index contributed by atoms with van der Waals surface area (Å²) >= 11 is 0. The number of piperazine rings is 1. The second-order valence-electron chi connectivity index (χ2n) is 5.82. The Labute approximate surface area is 113 Å². The summed E-state index contributed by atoms with van der Waals surface area (Å²) in [6.07, 6.45) is -0.109. The van der Waals surface area contributed by atoms with Crippen molar-refractivity contribution in [3.63, 3.8) is 0 Å². The molecular weight excluding hydrogens is 248 g/mol. The number of nitrogens with zero attached hydrogens (tertiary/aromatic N) is 2. The quantitative estimate of drug-likeness (QED) is 0.813. The van der Waals surface area contributed by atoms with Crippen LogP contribution in [0.5, 0.6) is 0 Å². The second-order valence-corrected chi connectivity index (χ2v) is 5.82. The van der Waals surface area contributed by atoms with Crippen molar-refractivity contribution in [1.82, 2.24) is 9.80 Å². The van der Waals surface area contributed by atoms with Crippen LogP contribution in [-0.2, 0) is 14.4 Å². The maximum atomic E-state index is 12.1. The van der Waals surface area contributed by atoms with Crippen LogP contribution >= 0.6 is 0 Å². The molecule has 19 heavy (non-hydrogen) atoms. The lowest BCUT2D eigenvalue weighted by atomic mass is 9.94. The molecule has 0 aliphatic carbocycles. The molecule has 0 aromatic rings. The van der Waals surface area contributed by atoms with E-state index in [4.69, 9.17) is 5.11 Å². The van der Waals surface area contributed by atoms with Gasteiger partial charge in [-0.1, -0.05) is 20.8 Å². The summed E-state index contributed by atoms with van der Waals surface area (Å²) in [4.78, 5) is 37.6. The highest BCUT2D eigenvalue weighted by molar-refractivity contribution is 5.83. The highest BCUT2D eigenvalue weighted by Gasteiger charge is 2.30. The van der Waals surface area contributed by atoms with E-state index in [0.29, 0.717) is 26.2 Å². The fourth-order valence-electron chi connectivity index (χ4n) is 2.01. The van der Waals surface area contributed by atoms with Crippen LogP contribution in [0.4, 0.5) is 0 Å². The molecule has 108 valence electrons. The van der Waals surface area contributed by atoms with E-state index >= 15 is 0 Å². The molecule has 0 saturated carbocycles. The molecule has 0 spiro atoms. The lowest BCUT2D eigenvalue weighted by molar-refractivity contribution is -0.145. The van der Waals surface area contributed by atoms with Crippen molar-refractivity contribution in [2.24, 2.45) is 5.41 Å². The van der Waals surface area contributed by atoms with Crippen molar-refractivity contribution in [1.29, 1.82) is 0 Å². The molecule has 0 aromatic carbocycles. The predicted molar refractivity (Wildman–Crippen MR) is 69.5 cm³/mol. The van der Waals surface area contributed by atoms with E-state index in [0.717, 1.165) is 0 Å². The minimum absolute atomic E-state index is 0.0303. The van der Waals surface area contributed by atoms with Crippen LogP contribution in [-0.4, -0.2) is 58.9 Å².